The van der Waals surface area contributed by atoms with Gasteiger partial charge in [0.25, 0.3) is 0 Å². The number of rotatable bonds is 1. The van der Waals surface area contributed by atoms with Crippen LogP contribution in [0.25, 0.3) is 0 Å². The molecule has 0 bridgehead atoms. The van der Waals surface area contributed by atoms with Crippen LogP contribution in [-0.2, 0) is 15.6 Å². The zero-order valence-electron chi connectivity index (χ0n) is 22.8. The number of benzene rings is 3. The van der Waals surface area contributed by atoms with Gasteiger partial charge in [0.05, 0.1) is 28.2 Å². The number of nitrogens with one attached hydrogen (secondary N) is 1. The third-order valence-corrected chi connectivity index (χ3v) is 9.13. The molecule has 3 aromatic carbocycles. The number of hydrogen-bond donors (Lipinski definition) is 2. The molecule has 3 aromatic rings. The Morgan fingerprint density at radius 1 is 0.925 bits per heavy atom. The van der Waals surface area contributed by atoms with Crippen LogP contribution >= 0.6 is 0 Å². The van der Waals surface area contributed by atoms with Crippen molar-refractivity contribution >= 4 is 23.0 Å². The Morgan fingerprint density at radius 2 is 1.57 bits per heavy atom. The molecule has 2 unspecified atom stereocenters. The molecule has 4 aliphatic rings. The molecular weight excluding hydrogens is 496 g/mol. The number of fused-ring (bicyclic) bond motifs is 4. The number of carbonyl (C=O) groups excluding carboxylic acids is 1. The summed E-state index contributed by atoms with van der Waals surface area (Å²) in [5, 5.41) is 24.8. The van der Waals surface area contributed by atoms with Crippen LogP contribution in [0, 0.1) is 29.6 Å². The summed E-state index contributed by atoms with van der Waals surface area (Å²) >= 11 is 0. The number of para-hydroxylation sites is 2. The van der Waals surface area contributed by atoms with Crippen molar-refractivity contribution in [3.05, 3.63) is 112 Å². The summed E-state index contributed by atoms with van der Waals surface area (Å²) in [4.78, 5) is 18.6. The molecule has 1 spiro atoms. The number of anilines is 3. The lowest BCUT2D eigenvalue weighted by atomic mass is 9.64. The van der Waals surface area contributed by atoms with Gasteiger partial charge in [0, 0.05) is 16.5 Å². The molecule has 40 heavy (non-hydrogen) atoms. The van der Waals surface area contributed by atoms with E-state index in [1.54, 1.807) is 4.90 Å². The summed E-state index contributed by atoms with van der Waals surface area (Å²) in [7, 11) is 0. The lowest BCUT2D eigenvalue weighted by Crippen LogP contribution is -2.58. The van der Waals surface area contributed by atoms with E-state index in [2.05, 4.69) is 56.4 Å². The second kappa shape index (κ2) is 7.55. The molecule has 196 valence electrons. The zero-order chi connectivity index (χ0) is 28.2. The molecule has 0 aromatic heterocycles. The van der Waals surface area contributed by atoms with Crippen molar-refractivity contribution in [1.82, 2.24) is 0 Å². The second-order valence-corrected chi connectivity index (χ2v) is 12.0. The molecule has 7 heteroatoms. The summed E-state index contributed by atoms with van der Waals surface area (Å²) in [5.41, 5.74) is 10.4. The van der Waals surface area contributed by atoms with Crippen LogP contribution in [0.3, 0.4) is 0 Å². The van der Waals surface area contributed by atoms with Gasteiger partial charge in [0.1, 0.15) is 23.8 Å². The minimum Gasteiger partial charge on any atom is -0.384 e. The van der Waals surface area contributed by atoms with Crippen molar-refractivity contribution in [2.24, 2.45) is 5.73 Å². The molecule has 1 amide bonds. The minimum atomic E-state index is -1.66. The van der Waals surface area contributed by atoms with Gasteiger partial charge in [-0.1, -0.05) is 67.1 Å². The fourth-order valence-corrected chi connectivity index (χ4v) is 7.66. The largest absolute Gasteiger partial charge is 0.384 e. The van der Waals surface area contributed by atoms with Gasteiger partial charge in [-0.05, 0) is 50.5 Å². The van der Waals surface area contributed by atoms with E-state index >= 15 is 4.79 Å². The van der Waals surface area contributed by atoms with Crippen LogP contribution < -0.4 is 20.9 Å². The third-order valence-electron chi connectivity index (χ3n) is 9.13. The van der Waals surface area contributed by atoms with Gasteiger partial charge in [0.2, 0.25) is 5.91 Å². The highest BCUT2D eigenvalue weighted by atomic mass is 16.2. The van der Waals surface area contributed by atoms with E-state index in [1.807, 2.05) is 60.4 Å². The molecule has 0 aliphatic carbocycles. The van der Waals surface area contributed by atoms with Crippen molar-refractivity contribution in [3.63, 3.8) is 0 Å². The average molecular weight is 525 g/mol. The monoisotopic (exact) mass is 524 g/mol. The van der Waals surface area contributed by atoms with Crippen molar-refractivity contribution < 1.29 is 4.79 Å². The maximum atomic E-state index is 15.0. The summed E-state index contributed by atoms with van der Waals surface area (Å²) < 4.78 is 0. The van der Waals surface area contributed by atoms with Crippen molar-refractivity contribution in [1.29, 1.82) is 10.5 Å². The summed E-state index contributed by atoms with van der Waals surface area (Å²) in [6, 6.07) is 26.7. The SMILES string of the molecule is Cc1cc2c3c(c1)C(C)(c1ccccc1)CC(C)(C)N3C(=O)C21C(C#N)=C(N)N2C(=C1C#N)Nc1ccccc12. The molecule has 7 nitrogen and oxygen atoms in total. The van der Waals surface area contributed by atoms with E-state index in [4.69, 9.17) is 5.73 Å². The van der Waals surface area contributed by atoms with Crippen LogP contribution in [-0.4, -0.2) is 11.4 Å². The van der Waals surface area contributed by atoms with Crippen molar-refractivity contribution in [2.75, 3.05) is 15.1 Å². The van der Waals surface area contributed by atoms with E-state index in [9.17, 15) is 10.5 Å². The highest BCUT2D eigenvalue weighted by Crippen LogP contribution is 2.63. The van der Waals surface area contributed by atoms with Crippen LogP contribution in [0.4, 0.5) is 17.1 Å². The summed E-state index contributed by atoms with van der Waals surface area (Å²) in [6.45, 7) is 8.35. The molecule has 2 atom stereocenters. The first-order valence-corrected chi connectivity index (χ1v) is 13.4. The third kappa shape index (κ3) is 2.60. The Labute approximate surface area is 233 Å². The maximum Gasteiger partial charge on any atom is 0.249 e. The fraction of sp³-hybridized carbons (Fsp3) is 0.242. The number of nitriles is 2. The standard InChI is InChI=1S/C33H28N6O/c1-19-14-21-27-22(15-19)33(30(40)39(27)31(2,3)18-32(21,4)20-10-6-5-7-11-20)23(16-34)28(36)38-26-13-9-8-12-25(26)37-29(38)24(33)17-35/h5-15,37H,18,36H2,1-4H3. The Bertz CT molecular complexity index is 1820. The van der Waals surface area contributed by atoms with Crippen LogP contribution in [0.1, 0.15) is 49.4 Å². The van der Waals surface area contributed by atoms with Gasteiger partial charge in [-0.2, -0.15) is 10.5 Å². The first-order valence-electron chi connectivity index (χ1n) is 13.4. The quantitative estimate of drug-likeness (QED) is 0.439. The normalized spacial score (nSPS) is 25.3. The van der Waals surface area contributed by atoms with Gasteiger partial charge >= 0.3 is 0 Å². The van der Waals surface area contributed by atoms with Gasteiger partial charge in [-0.3, -0.25) is 9.69 Å². The number of nitrogens with zero attached hydrogens (tertiary/aromatic N) is 4. The van der Waals surface area contributed by atoms with Gasteiger partial charge in [-0.25, -0.2) is 0 Å². The maximum absolute atomic E-state index is 15.0. The summed E-state index contributed by atoms with van der Waals surface area (Å²) in [6.07, 6.45) is 0.664. The molecular formula is C33H28N6O. The van der Waals surface area contributed by atoms with E-state index < -0.39 is 16.4 Å². The van der Waals surface area contributed by atoms with Crippen LogP contribution in [0.15, 0.2) is 89.5 Å². The smallest absolute Gasteiger partial charge is 0.249 e. The zero-order valence-corrected chi connectivity index (χ0v) is 22.8. The summed E-state index contributed by atoms with van der Waals surface area (Å²) in [5.74, 6) is 0.267. The van der Waals surface area contributed by atoms with E-state index in [0.717, 1.165) is 33.8 Å². The number of nitrogens with two attached hydrogens (primary N) is 1. The molecule has 0 saturated heterocycles. The molecule has 4 aliphatic heterocycles. The Hall–Kier alpha value is -5.01. The number of aryl methyl sites for hydroxylation is 1. The minimum absolute atomic E-state index is 0.0794. The molecule has 0 radical (unpaired) electrons. The van der Waals surface area contributed by atoms with E-state index in [1.165, 1.54) is 0 Å². The first kappa shape index (κ1) is 24.1. The lowest BCUT2D eigenvalue weighted by Gasteiger charge is -2.50. The van der Waals surface area contributed by atoms with Crippen LogP contribution in [0.5, 0.6) is 0 Å². The second-order valence-electron chi connectivity index (χ2n) is 12.0. The molecule has 4 heterocycles. The van der Waals surface area contributed by atoms with Crippen molar-refractivity contribution in [2.45, 2.75) is 50.5 Å². The van der Waals surface area contributed by atoms with Gasteiger partial charge < -0.3 is 16.0 Å². The topological polar surface area (TPSA) is 109 Å². The average Bonchev–Trinajstić information content (AvgIpc) is 3.43. The lowest BCUT2D eigenvalue weighted by molar-refractivity contribution is -0.122. The van der Waals surface area contributed by atoms with Crippen molar-refractivity contribution in [3.8, 4) is 12.1 Å². The van der Waals surface area contributed by atoms with E-state index in [-0.39, 0.29) is 22.9 Å². The Balaban J connectivity index is 1.61. The van der Waals surface area contributed by atoms with E-state index in [0.29, 0.717) is 17.8 Å². The number of carbonyl (C=O) groups is 1. The predicted molar refractivity (Wildman–Crippen MR) is 154 cm³/mol. The Kier molecular flexibility index (Phi) is 4.54. The molecule has 0 fully saturated rings. The van der Waals surface area contributed by atoms with Gasteiger partial charge in [-0.15, -0.1) is 0 Å². The molecule has 0 saturated carbocycles. The molecule has 7 rings (SSSR count). The van der Waals surface area contributed by atoms with Crippen LogP contribution in [0.2, 0.25) is 0 Å². The highest BCUT2D eigenvalue weighted by molar-refractivity contribution is 6.17. The first-order chi connectivity index (χ1) is 19.1. The number of hydrogen-bond acceptors (Lipinski definition) is 6. The highest BCUT2D eigenvalue weighted by Gasteiger charge is 2.66. The molecule has 3 N–H and O–H groups in total. The predicted octanol–water partition coefficient (Wildman–Crippen LogP) is 5.44. The number of amides is 1. The fourth-order valence-electron chi connectivity index (χ4n) is 7.66. The Morgan fingerprint density at radius 3 is 2.27 bits per heavy atom. The van der Waals surface area contributed by atoms with Gasteiger partial charge in [0.15, 0.2) is 5.41 Å².